The summed E-state index contributed by atoms with van der Waals surface area (Å²) in [6.45, 7) is 4.75. The number of nitrogens with two attached hydrogens (primary N) is 1. The summed E-state index contributed by atoms with van der Waals surface area (Å²) >= 11 is 0. The molecular weight excluding hydrogens is 226 g/mol. The maximum atomic E-state index is 5.80. The van der Waals surface area contributed by atoms with E-state index in [-0.39, 0.29) is 6.04 Å². The lowest BCUT2D eigenvalue weighted by Gasteiger charge is -2.29. The van der Waals surface area contributed by atoms with E-state index in [0.29, 0.717) is 0 Å². The maximum absolute atomic E-state index is 5.80. The third kappa shape index (κ3) is 1.97. The smallest absolute Gasteiger partial charge is 0.128 e. The first-order valence-corrected chi connectivity index (χ1v) is 6.20. The normalized spacial score (nSPS) is 16.4. The van der Waals surface area contributed by atoms with Gasteiger partial charge in [0, 0.05) is 31.5 Å². The quantitative estimate of drug-likeness (QED) is 0.864. The fourth-order valence-corrected chi connectivity index (χ4v) is 2.25. The van der Waals surface area contributed by atoms with Crippen molar-refractivity contribution in [2.75, 3.05) is 11.4 Å². The molecule has 3 rings (SSSR count). The van der Waals surface area contributed by atoms with Crippen LogP contribution in [0.5, 0.6) is 0 Å². The lowest BCUT2D eigenvalue weighted by atomic mass is 10.2. The van der Waals surface area contributed by atoms with Crippen LogP contribution in [0.4, 0.5) is 5.69 Å². The fourth-order valence-electron chi connectivity index (χ4n) is 2.25. The van der Waals surface area contributed by atoms with Gasteiger partial charge >= 0.3 is 0 Å². The van der Waals surface area contributed by atoms with E-state index < -0.39 is 0 Å². The number of hydrogen-bond acceptors (Lipinski definition) is 4. The van der Waals surface area contributed by atoms with Crippen molar-refractivity contribution in [1.29, 1.82) is 0 Å². The Hall–Kier alpha value is -1.88. The second-order valence-corrected chi connectivity index (χ2v) is 4.69. The van der Waals surface area contributed by atoms with Crippen molar-refractivity contribution in [3.8, 4) is 0 Å². The summed E-state index contributed by atoms with van der Waals surface area (Å²) in [7, 11) is 0. The molecule has 0 amide bonds. The summed E-state index contributed by atoms with van der Waals surface area (Å²) in [6, 6.07) is 4.07. The van der Waals surface area contributed by atoms with Crippen molar-refractivity contribution >= 4 is 5.69 Å². The predicted octanol–water partition coefficient (Wildman–Crippen LogP) is 1.32. The van der Waals surface area contributed by atoms with Gasteiger partial charge in [0.15, 0.2) is 0 Å². The van der Waals surface area contributed by atoms with E-state index in [1.54, 1.807) is 0 Å². The Bertz CT molecular complexity index is 529. The fraction of sp³-hybridized carbons (Fsp3) is 0.385. The molecular formula is C13H17N5. The van der Waals surface area contributed by atoms with E-state index in [0.717, 1.165) is 36.8 Å². The number of imidazole rings is 1. The van der Waals surface area contributed by atoms with Crippen molar-refractivity contribution in [2.45, 2.75) is 26.1 Å². The molecule has 0 aromatic carbocycles. The molecule has 3 heterocycles. The second kappa shape index (κ2) is 4.42. The Morgan fingerprint density at radius 2 is 2.17 bits per heavy atom. The highest BCUT2D eigenvalue weighted by molar-refractivity contribution is 5.45. The maximum Gasteiger partial charge on any atom is 0.128 e. The van der Waals surface area contributed by atoms with Crippen LogP contribution in [0.25, 0.3) is 0 Å². The zero-order valence-electron chi connectivity index (χ0n) is 10.5. The van der Waals surface area contributed by atoms with Crippen LogP contribution in [-0.2, 0) is 13.1 Å². The van der Waals surface area contributed by atoms with Gasteiger partial charge in [-0.15, -0.1) is 0 Å². The predicted molar refractivity (Wildman–Crippen MR) is 70.1 cm³/mol. The average molecular weight is 243 g/mol. The van der Waals surface area contributed by atoms with Gasteiger partial charge in [-0.25, -0.2) is 4.98 Å². The lowest BCUT2D eigenvalue weighted by molar-refractivity contribution is 0.559. The van der Waals surface area contributed by atoms with E-state index in [1.807, 2.05) is 31.6 Å². The first-order valence-electron chi connectivity index (χ1n) is 6.20. The lowest BCUT2D eigenvalue weighted by Crippen LogP contribution is -2.33. The van der Waals surface area contributed by atoms with Crippen LogP contribution < -0.4 is 10.6 Å². The molecule has 1 atom stereocenters. The Morgan fingerprint density at radius 1 is 1.28 bits per heavy atom. The summed E-state index contributed by atoms with van der Waals surface area (Å²) in [6.07, 6.45) is 5.79. The Labute approximate surface area is 106 Å². The van der Waals surface area contributed by atoms with Crippen molar-refractivity contribution in [1.82, 2.24) is 14.5 Å². The molecule has 0 spiro atoms. The van der Waals surface area contributed by atoms with Crippen LogP contribution >= 0.6 is 0 Å². The van der Waals surface area contributed by atoms with Crippen LogP contribution in [0.1, 0.15) is 24.5 Å². The van der Waals surface area contributed by atoms with Gasteiger partial charge in [0.25, 0.3) is 0 Å². The first-order chi connectivity index (χ1) is 8.74. The number of nitrogens with zero attached hydrogens (tertiary/aromatic N) is 4. The van der Waals surface area contributed by atoms with Gasteiger partial charge in [-0.1, -0.05) is 0 Å². The summed E-state index contributed by atoms with van der Waals surface area (Å²) in [4.78, 5) is 11.1. The molecule has 0 saturated heterocycles. The molecule has 1 unspecified atom stereocenters. The molecule has 0 aliphatic carbocycles. The highest BCUT2D eigenvalue weighted by Gasteiger charge is 2.17. The monoisotopic (exact) mass is 243 g/mol. The van der Waals surface area contributed by atoms with Crippen LogP contribution in [0.3, 0.4) is 0 Å². The first kappa shape index (κ1) is 11.2. The number of aromatic nitrogens is 3. The van der Waals surface area contributed by atoms with Gasteiger partial charge in [0.2, 0.25) is 0 Å². The van der Waals surface area contributed by atoms with Crippen molar-refractivity contribution < 1.29 is 0 Å². The van der Waals surface area contributed by atoms with Crippen molar-refractivity contribution in [3.63, 3.8) is 0 Å². The van der Waals surface area contributed by atoms with E-state index in [2.05, 4.69) is 25.5 Å². The van der Waals surface area contributed by atoms with Crippen molar-refractivity contribution in [2.24, 2.45) is 5.73 Å². The number of pyridine rings is 1. The third-order valence-corrected chi connectivity index (χ3v) is 3.35. The molecule has 0 saturated carbocycles. The van der Waals surface area contributed by atoms with Crippen LogP contribution in [0.2, 0.25) is 0 Å². The largest absolute Gasteiger partial charge is 0.361 e. The number of fused-ring (bicyclic) bond motifs is 1. The zero-order chi connectivity index (χ0) is 12.5. The molecule has 0 radical (unpaired) electrons. The van der Waals surface area contributed by atoms with Gasteiger partial charge in [0.05, 0.1) is 24.1 Å². The van der Waals surface area contributed by atoms with E-state index in [1.165, 1.54) is 0 Å². The van der Waals surface area contributed by atoms with E-state index in [9.17, 15) is 0 Å². The summed E-state index contributed by atoms with van der Waals surface area (Å²) in [5.74, 6) is 1.11. The number of rotatable bonds is 2. The van der Waals surface area contributed by atoms with E-state index >= 15 is 0 Å². The Morgan fingerprint density at radius 3 is 2.89 bits per heavy atom. The molecule has 1 aliphatic heterocycles. The Kier molecular flexibility index (Phi) is 2.76. The third-order valence-electron chi connectivity index (χ3n) is 3.35. The van der Waals surface area contributed by atoms with Gasteiger partial charge in [-0.05, 0) is 19.1 Å². The van der Waals surface area contributed by atoms with Gasteiger partial charge < -0.3 is 15.2 Å². The molecule has 18 heavy (non-hydrogen) atoms. The topological polar surface area (TPSA) is 60.0 Å². The zero-order valence-corrected chi connectivity index (χ0v) is 10.5. The molecule has 0 fully saturated rings. The SMILES string of the molecule is CC(N)c1ccc(N2CCn3ccnc3C2)cn1. The summed E-state index contributed by atoms with van der Waals surface area (Å²) in [5, 5.41) is 0. The Balaban J connectivity index is 1.80. The van der Waals surface area contributed by atoms with Crippen LogP contribution in [0.15, 0.2) is 30.7 Å². The standard InChI is InChI=1S/C13H17N5/c1-10(14)12-3-2-11(8-16-12)18-7-6-17-5-4-15-13(17)9-18/h2-5,8,10H,6-7,9,14H2,1H3. The van der Waals surface area contributed by atoms with Crippen LogP contribution in [0, 0.1) is 0 Å². The second-order valence-electron chi connectivity index (χ2n) is 4.69. The minimum Gasteiger partial charge on any atom is -0.361 e. The molecule has 2 aromatic heterocycles. The molecule has 0 bridgehead atoms. The minimum atomic E-state index is -0.0145. The molecule has 1 aliphatic rings. The number of hydrogen-bond donors (Lipinski definition) is 1. The molecule has 5 nitrogen and oxygen atoms in total. The molecule has 2 aromatic rings. The average Bonchev–Trinajstić information content (AvgIpc) is 2.86. The molecule has 5 heteroatoms. The van der Waals surface area contributed by atoms with Gasteiger partial charge in [-0.2, -0.15) is 0 Å². The van der Waals surface area contributed by atoms with Gasteiger partial charge in [-0.3, -0.25) is 4.98 Å². The van der Waals surface area contributed by atoms with Crippen molar-refractivity contribution in [3.05, 3.63) is 42.2 Å². The minimum absolute atomic E-state index is 0.0145. The molecule has 2 N–H and O–H groups in total. The summed E-state index contributed by atoms with van der Waals surface area (Å²) < 4.78 is 2.19. The van der Waals surface area contributed by atoms with E-state index in [4.69, 9.17) is 5.73 Å². The molecule has 94 valence electrons. The summed E-state index contributed by atoms with van der Waals surface area (Å²) in [5.41, 5.74) is 7.86. The number of anilines is 1. The highest BCUT2D eigenvalue weighted by atomic mass is 15.2. The highest BCUT2D eigenvalue weighted by Crippen LogP contribution is 2.20. The van der Waals surface area contributed by atoms with Crippen LogP contribution in [-0.4, -0.2) is 21.1 Å². The van der Waals surface area contributed by atoms with Gasteiger partial charge in [0.1, 0.15) is 5.82 Å².